The first-order chi connectivity index (χ1) is 5.83. The Morgan fingerprint density at radius 1 is 1.42 bits per heavy atom. The van der Waals surface area contributed by atoms with Gasteiger partial charge in [0, 0.05) is 22.8 Å². The Hall–Kier alpha value is -0.580. The van der Waals surface area contributed by atoms with Crippen LogP contribution in [-0.2, 0) is 0 Å². The van der Waals surface area contributed by atoms with E-state index in [9.17, 15) is 0 Å². The minimum Gasteiger partial charge on any atom is -0.178 e. The Bertz CT molecular complexity index is 309. The van der Waals surface area contributed by atoms with Crippen molar-refractivity contribution in [3.63, 3.8) is 0 Å². The molecule has 12 heavy (non-hydrogen) atoms. The number of halogens is 1. The fourth-order valence-corrected chi connectivity index (χ4v) is 1.09. The Balaban J connectivity index is 2.71. The number of hydrogen-bond acceptors (Lipinski definition) is 1. The molecule has 0 aliphatic carbocycles. The molecule has 0 amide bonds. The van der Waals surface area contributed by atoms with Gasteiger partial charge in [0.1, 0.15) is 0 Å². The second-order valence-electron chi connectivity index (χ2n) is 2.29. The molecule has 0 atom stereocenters. The molecule has 0 N–H and O–H groups in total. The molecular weight excluding hydrogens is 188 g/mol. The molecule has 0 saturated heterocycles. The summed E-state index contributed by atoms with van der Waals surface area (Å²) in [5.41, 5.74) is 0.962. The van der Waals surface area contributed by atoms with Crippen LogP contribution in [0.15, 0.2) is 24.3 Å². The Labute approximate surface area is 83.3 Å². The Morgan fingerprint density at radius 3 is 2.92 bits per heavy atom. The summed E-state index contributed by atoms with van der Waals surface area (Å²) in [5.74, 6) is 6.80. The third-order valence-electron chi connectivity index (χ3n) is 1.29. The first-order valence-electron chi connectivity index (χ1n) is 3.68. The van der Waals surface area contributed by atoms with Crippen molar-refractivity contribution in [1.82, 2.24) is 0 Å². The Kier molecular flexibility index (Phi) is 4.07. The monoisotopic (exact) mass is 196 g/mol. The molecule has 0 radical (unpaired) electrons. The summed E-state index contributed by atoms with van der Waals surface area (Å²) in [6.45, 7) is 0. The highest BCUT2D eigenvalue weighted by atomic mass is 35.5. The number of benzene rings is 1. The van der Waals surface area contributed by atoms with Crippen LogP contribution in [0.3, 0.4) is 0 Å². The topological polar surface area (TPSA) is 0 Å². The molecule has 0 aliphatic rings. The van der Waals surface area contributed by atoms with E-state index in [0.717, 1.165) is 22.8 Å². The van der Waals surface area contributed by atoms with Crippen LogP contribution in [0.4, 0.5) is 0 Å². The third kappa shape index (κ3) is 3.21. The quantitative estimate of drug-likeness (QED) is 0.518. The fraction of sp³-hybridized carbons (Fsp3) is 0.200. The maximum Gasteiger partial charge on any atom is 0.0418 e. The summed E-state index contributed by atoms with van der Waals surface area (Å²) in [6.07, 6.45) is 0.815. The van der Waals surface area contributed by atoms with E-state index in [1.54, 1.807) is 0 Å². The molecular formula is C10H9ClS. The second-order valence-corrected chi connectivity index (χ2v) is 3.17. The molecule has 0 unspecified atom stereocenters. The van der Waals surface area contributed by atoms with Gasteiger partial charge in [0.05, 0.1) is 0 Å². The predicted octanol–water partition coefficient (Wildman–Crippen LogP) is 3.01. The molecule has 0 heterocycles. The van der Waals surface area contributed by atoms with Gasteiger partial charge in [-0.25, -0.2) is 0 Å². The van der Waals surface area contributed by atoms with Gasteiger partial charge in [0.15, 0.2) is 0 Å². The zero-order valence-electron chi connectivity index (χ0n) is 6.55. The van der Waals surface area contributed by atoms with Crippen molar-refractivity contribution >= 4 is 24.2 Å². The van der Waals surface area contributed by atoms with Crippen LogP contribution in [-0.4, -0.2) is 5.75 Å². The van der Waals surface area contributed by atoms with E-state index in [1.165, 1.54) is 0 Å². The van der Waals surface area contributed by atoms with Crippen LogP contribution < -0.4 is 0 Å². The van der Waals surface area contributed by atoms with Gasteiger partial charge in [-0.15, -0.1) is 0 Å². The van der Waals surface area contributed by atoms with Gasteiger partial charge in [-0.05, 0) is 18.2 Å². The zero-order valence-corrected chi connectivity index (χ0v) is 8.20. The number of thiol groups is 1. The normalized spacial score (nSPS) is 8.83. The molecule has 62 valence electrons. The van der Waals surface area contributed by atoms with Crippen molar-refractivity contribution in [2.24, 2.45) is 0 Å². The van der Waals surface area contributed by atoms with E-state index in [2.05, 4.69) is 24.5 Å². The molecule has 0 aliphatic heterocycles. The van der Waals surface area contributed by atoms with Crippen molar-refractivity contribution < 1.29 is 0 Å². The van der Waals surface area contributed by atoms with E-state index in [4.69, 9.17) is 11.6 Å². The van der Waals surface area contributed by atoms with Gasteiger partial charge >= 0.3 is 0 Å². The van der Waals surface area contributed by atoms with Crippen LogP contribution >= 0.6 is 24.2 Å². The molecule has 0 bridgehead atoms. The van der Waals surface area contributed by atoms with Gasteiger partial charge in [-0.1, -0.05) is 29.5 Å². The third-order valence-corrected chi connectivity index (χ3v) is 1.75. The summed E-state index contributed by atoms with van der Waals surface area (Å²) < 4.78 is 0. The summed E-state index contributed by atoms with van der Waals surface area (Å²) in [4.78, 5) is 0. The van der Waals surface area contributed by atoms with Crippen molar-refractivity contribution in [2.45, 2.75) is 6.42 Å². The van der Waals surface area contributed by atoms with Crippen molar-refractivity contribution in [1.29, 1.82) is 0 Å². The lowest BCUT2D eigenvalue weighted by atomic mass is 10.2. The van der Waals surface area contributed by atoms with E-state index in [-0.39, 0.29) is 0 Å². The molecule has 0 spiro atoms. The fourth-order valence-electron chi connectivity index (χ4n) is 0.787. The van der Waals surface area contributed by atoms with E-state index in [1.807, 2.05) is 24.3 Å². The molecule has 1 aromatic carbocycles. The maximum absolute atomic E-state index is 5.77. The molecule has 0 nitrogen and oxygen atoms in total. The van der Waals surface area contributed by atoms with Gasteiger partial charge in [0.2, 0.25) is 0 Å². The average molecular weight is 197 g/mol. The molecule has 0 aromatic heterocycles. The molecule has 0 saturated carbocycles. The first-order valence-corrected chi connectivity index (χ1v) is 4.69. The van der Waals surface area contributed by atoms with Crippen LogP contribution in [0.25, 0.3) is 0 Å². The van der Waals surface area contributed by atoms with E-state index < -0.39 is 0 Å². The van der Waals surface area contributed by atoms with Crippen LogP contribution in [0, 0.1) is 11.8 Å². The number of rotatable bonds is 1. The predicted molar refractivity (Wildman–Crippen MR) is 56.8 cm³/mol. The SMILES string of the molecule is SCCC#Cc1cccc(Cl)c1. The van der Waals surface area contributed by atoms with Gasteiger partial charge in [-0.2, -0.15) is 12.6 Å². The highest BCUT2D eigenvalue weighted by Gasteiger charge is 1.87. The van der Waals surface area contributed by atoms with Gasteiger partial charge in [0.25, 0.3) is 0 Å². The lowest BCUT2D eigenvalue weighted by molar-refractivity contribution is 1.31. The van der Waals surface area contributed by atoms with Crippen LogP contribution in [0.2, 0.25) is 5.02 Å². The first kappa shape index (κ1) is 9.51. The minimum absolute atomic E-state index is 0.729. The lowest BCUT2D eigenvalue weighted by Crippen LogP contribution is -1.73. The minimum atomic E-state index is 0.729. The zero-order chi connectivity index (χ0) is 8.81. The molecule has 2 heteroatoms. The van der Waals surface area contributed by atoms with Gasteiger partial charge < -0.3 is 0 Å². The standard InChI is InChI=1S/C10H9ClS/c11-10-6-3-5-9(8-10)4-1-2-7-12/h3,5-6,8,12H,2,7H2. The molecule has 1 aromatic rings. The van der Waals surface area contributed by atoms with Crippen molar-refractivity contribution in [3.8, 4) is 11.8 Å². The van der Waals surface area contributed by atoms with E-state index in [0.29, 0.717) is 0 Å². The summed E-state index contributed by atoms with van der Waals surface area (Å²) >= 11 is 9.83. The summed E-state index contributed by atoms with van der Waals surface area (Å²) in [7, 11) is 0. The van der Waals surface area contributed by atoms with Crippen LogP contribution in [0.5, 0.6) is 0 Å². The average Bonchev–Trinajstić information content (AvgIpc) is 2.05. The van der Waals surface area contributed by atoms with Gasteiger partial charge in [-0.3, -0.25) is 0 Å². The van der Waals surface area contributed by atoms with Crippen molar-refractivity contribution in [3.05, 3.63) is 34.9 Å². The number of hydrogen-bond donors (Lipinski definition) is 1. The largest absolute Gasteiger partial charge is 0.178 e. The molecule has 1 rings (SSSR count). The van der Waals surface area contributed by atoms with Crippen LogP contribution in [0.1, 0.15) is 12.0 Å². The van der Waals surface area contributed by atoms with E-state index >= 15 is 0 Å². The van der Waals surface area contributed by atoms with Crippen molar-refractivity contribution in [2.75, 3.05) is 5.75 Å². The summed E-state index contributed by atoms with van der Waals surface area (Å²) in [6, 6.07) is 7.53. The maximum atomic E-state index is 5.77. The summed E-state index contributed by atoms with van der Waals surface area (Å²) in [5, 5.41) is 0.729. The molecule has 0 fully saturated rings. The highest BCUT2D eigenvalue weighted by molar-refractivity contribution is 7.80. The lowest BCUT2D eigenvalue weighted by Gasteiger charge is -1.89. The Morgan fingerprint density at radius 2 is 2.25 bits per heavy atom. The second kappa shape index (κ2) is 5.13. The highest BCUT2D eigenvalue weighted by Crippen LogP contribution is 2.09. The smallest absolute Gasteiger partial charge is 0.0418 e.